The topological polar surface area (TPSA) is 84.3 Å². The summed E-state index contributed by atoms with van der Waals surface area (Å²) >= 11 is 6.28. The van der Waals surface area contributed by atoms with E-state index in [1.54, 1.807) is 12.3 Å². The van der Waals surface area contributed by atoms with Crippen LogP contribution in [0.4, 0.5) is 14.5 Å². The molecule has 3 atom stereocenters. The van der Waals surface area contributed by atoms with Gasteiger partial charge in [-0.3, -0.25) is 4.79 Å². The highest BCUT2D eigenvalue weighted by Crippen LogP contribution is 2.38. The highest BCUT2D eigenvalue weighted by Gasteiger charge is 2.36. The van der Waals surface area contributed by atoms with E-state index in [0.29, 0.717) is 47.8 Å². The summed E-state index contributed by atoms with van der Waals surface area (Å²) in [7, 11) is 0. The number of hydrogen-bond acceptors (Lipinski definition) is 6. The molecule has 8 nitrogen and oxygen atoms in total. The lowest BCUT2D eigenvalue weighted by Gasteiger charge is -2.36. The first-order valence-electron chi connectivity index (χ1n) is 11.9. The highest BCUT2D eigenvalue weighted by molar-refractivity contribution is 6.35. The number of nitrogens with one attached hydrogen (secondary N) is 2. The lowest BCUT2D eigenvalue weighted by molar-refractivity contribution is 0.0907. The first-order chi connectivity index (χ1) is 16.9. The van der Waals surface area contributed by atoms with Gasteiger partial charge in [0, 0.05) is 61.4 Å². The SMILES string of the molecule is CCn1cc(Cl)c2cc(C(=O)N[C@H]3COc4c(F)c(N5CC6CCC(C5)N6)cc(F)c4C3)nnc21. The molecule has 0 saturated carbocycles. The molecule has 11 heteroatoms. The number of anilines is 1. The second-order valence-electron chi connectivity index (χ2n) is 9.46. The third kappa shape index (κ3) is 3.88. The van der Waals surface area contributed by atoms with Crippen molar-refractivity contribution in [2.45, 2.75) is 50.9 Å². The Hall–Kier alpha value is -2.98. The van der Waals surface area contributed by atoms with E-state index in [0.717, 1.165) is 12.8 Å². The molecule has 5 heterocycles. The minimum atomic E-state index is -0.544. The van der Waals surface area contributed by atoms with Crippen molar-refractivity contribution in [2.24, 2.45) is 0 Å². The molecule has 6 rings (SSSR count). The summed E-state index contributed by atoms with van der Waals surface area (Å²) in [6.45, 7) is 3.93. The Morgan fingerprint density at radius 3 is 2.77 bits per heavy atom. The minimum absolute atomic E-state index is 0.0218. The molecule has 0 spiro atoms. The van der Waals surface area contributed by atoms with Crippen LogP contribution in [-0.4, -0.2) is 58.5 Å². The average Bonchev–Trinajstić information content (AvgIpc) is 3.38. The van der Waals surface area contributed by atoms with Gasteiger partial charge in [0.1, 0.15) is 12.4 Å². The van der Waals surface area contributed by atoms with E-state index >= 15 is 8.78 Å². The van der Waals surface area contributed by atoms with Crippen molar-refractivity contribution in [3.8, 4) is 5.75 Å². The Morgan fingerprint density at radius 1 is 1.26 bits per heavy atom. The summed E-state index contributed by atoms with van der Waals surface area (Å²) < 4.78 is 38.0. The molecule has 1 aromatic carbocycles. The molecule has 2 saturated heterocycles. The van der Waals surface area contributed by atoms with Crippen LogP contribution < -0.4 is 20.3 Å². The molecule has 3 aromatic rings. The highest BCUT2D eigenvalue weighted by atomic mass is 35.5. The van der Waals surface area contributed by atoms with Gasteiger partial charge in [-0.1, -0.05) is 11.6 Å². The number of aromatic nitrogens is 3. The van der Waals surface area contributed by atoms with Crippen molar-refractivity contribution in [3.63, 3.8) is 0 Å². The van der Waals surface area contributed by atoms with Gasteiger partial charge >= 0.3 is 0 Å². The number of aryl methyl sites for hydroxylation is 1. The molecule has 2 unspecified atom stereocenters. The number of benzene rings is 1. The lowest BCUT2D eigenvalue weighted by Crippen LogP contribution is -2.51. The first-order valence-corrected chi connectivity index (χ1v) is 12.3. The van der Waals surface area contributed by atoms with Crippen molar-refractivity contribution >= 4 is 34.2 Å². The van der Waals surface area contributed by atoms with Gasteiger partial charge in [-0.2, -0.15) is 0 Å². The van der Waals surface area contributed by atoms with Gasteiger partial charge in [-0.25, -0.2) is 8.78 Å². The molecule has 184 valence electrons. The molecule has 3 aliphatic rings. The number of amides is 1. The van der Waals surface area contributed by atoms with Crippen LogP contribution in [0.1, 0.15) is 35.8 Å². The summed E-state index contributed by atoms with van der Waals surface area (Å²) in [6.07, 6.45) is 3.94. The Kier molecular flexibility index (Phi) is 5.52. The maximum Gasteiger partial charge on any atom is 0.272 e. The maximum absolute atomic E-state index is 15.4. The Morgan fingerprint density at radius 2 is 2.03 bits per heavy atom. The van der Waals surface area contributed by atoms with E-state index in [1.807, 2.05) is 16.4 Å². The van der Waals surface area contributed by atoms with Crippen LogP contribution in [0.5, 0.6) is 5.75 Å². The number of fused-ring (bicyclic) bond motifs is 4. The third-order valence-corrected chi connectivity index (χ3v) is 7.47. The molecule has 2 N–H and O–H groups in total. The maximum atomic E-state index is 15.4. The second-order valence-corrected chi connectivity index (χ2v) is 9.86. The van der Waals surface area contributed by atoms with E-state index in [-0.39, 0.29) is 35.7 Å². The summed E-state index contributed by atoms with van der Waals surface area (Å²) in [5, 5.41) is 15.6. The molecular formula is C24H25ClF2N6O2. The van der Waals surface area contributed by atoms with Gasteiger partial charge < -0.3 is 24.8 Å². The number of halogens is 3. The monoisotopic (exact) mass is 502 g/mol. The van der Waals surface area contributed by atoms with E-state index in [2.05, 4.69) is 20.8 Å². The fourth-order valence-electron chi connectivity index (χ4n) is 5.43. The first kappa shape index (κ1) is 22.5. The quantitative estimate of drug-likeness (QED) is 0.570. The largest absolute Gasteiger partial charge is 0.488 e. The molecule has 0 radical (unpaired) electrons. The van der Waals surface area contributed by atoms with Crippen molar-refractivity contribution in [1.82, 2.24) is 25.4 Å². The fraction of sp³-hybridized carbons (Fsp3) is 0.458. The van der Waals surface area contributed by atoms with Gasteiger partial charge in [0.05, 0.1) is 16.8 Å². The van der Waals surface area contributed by atoms with E-state index in [4.69, 9.17) is 16.3 Å². The van der Waals surface area contributed by atoms with Crippen LogP contribution in [0.15, 0.2) is 18.3 Å². The average molecular weight is 503 g/mol. The predicted octanol–water partition coefficient (Wildman–Crippen LogP) is 3.06. The summed E-state index contributed by atoms with van der Waals surface area (Å²) in [5.74, 6) is -1.62. The van der Waals surface area contributed by atoms with Gasteiger partial charge in [0.15, 0.2) is 22.9 Å². The van der Waals surface area contributed by atoms with Crippen molar-refractivity contribution in [1.29, 1.82) is 0 Å². The minimum Gasteiger partial charge on any atom is -0.488 e. The van der Waals surface area contributed by atoms with Crippen LogP contribution in [0.2, 0.25) is 5.02 Å². The van der Waals surface area contributed by atoms with Crippen molar-refractivity contribution in [2.75, 3.05) is 24.6 Å². The fourth-order valence-corrected chi connectivity index (χ4v) is 5.68. The summed E-state index contributed by atoms with van der Waals surface area (Å²) in [4.78, 5) is 14.7. The van der Waals surface area contributed by atoms with E-state index in [1.165, 1.54) is 6.07 Å². The molecule has 2 aromatic heterocycles. The summed E-state index contributed by atoms with van der Waals surface area (Å²) in [6, 6.07) is 2.89. The Balaban J connectivity index is 1.20. The van der Waals surface area contributed by atoms with Gasteiger partial charge in [0.2, 0.25) is 0 Å². The van der Waals surface area contributed by atoms with Crippen LogP contribution in [0.3, 0.4) is 0 Å². The smallest absolute Gasteiger partial charge is 0.272 e. The number of rotatable bonds is 4. The van der Waals surface area contributed by atoms with Crippen LogP contribution in [0.25, 0.3) is 11.0 Å². The van der Waals surface area contributed by atoms with Crippen LogP contribution >= 0.6 is 11.6 Å². The number of carbonyl (C=O) groups excluding carboxylic acids is 1. The normalized spacial score (nSPS) is 23.3. The van der Waals surface area contributed by atoms with Crippen LogP contribution in [-0.2, 0) is 13.0 Å². The molecular weight excluding hydrogens is 478 g/mol. The van der Waals surface area contributed by atoms with Crippen molar-refractivity contribution in [3.05, 3.63) is 46.2 Å². The molecule has 3 aliphatic heterocycles. The van der Waals surface area contributed by atoms with Gasteiger partial charge in [0.25, 0.3) is 5.91 Å². The lowest BCUT2D eigenvalue weighted by atomic mass is 10.00. The molecule has 1 amide bonds. The zero-order valence-electron chi connectivity index (χ0n) is 19.2. The molecule has 2 bridgehead atoms. The standard InChI is InChI=1S/C24H25ClF2N6O2/c1-2-32-10-17(25)15-6-19(30-31-23(15)32)24(34)29-14-5-16-18(26)7-20(21(27)22(16)35-11-14)33-8-12-3-4-13(9-33)28-12/h6-7,10,12-14,28H,2-5,8-9,11H2,1H3,(H,29,34)/t12?,13?,14-/m1/s1. The number of ether oxygens (including phenoxy) is 1. The second kappa shape index (κ2) is 8.60. The summed E-state index contributed by atoms with van der Waals surface area (Å²) in [5.41, 5.74) is 1.05. The molecule has 35 heavy (non-hydrogen) atoms. The zero-order chi connectivity index (χ0) is 24.3. The van der Waals surface area contributed by atoms with E-state index in [9.17, 15) is 4.79 Å². The molecule has 0 aliphatic carbocycles. The third-order valence-electron chi connectivity index (χ3n) is 7.17. The van der Waals surface area contributed by atoms with E-state index < -0.39 is 23.6 Å². The number of carbonyl (C=O) groups is 1. The molecule has 2 fully saturated rings. The number of piperazine rings is 1. The number of hydrogen-bond donors (Lipinski definition) is 2. The van der Waals surface area contributed by atoms with Crippen molar-refractivity contribution < 1.29 is 18.3 Å². The number of nitrogens with zero attached hydrogens (tertiary/aromatic N) is 4. The predicted molar refractivity (Wildman–Crippen MR) is 127 cm³/mol. The Bertz CT molecular complexity index is 1320. The zero-order valence-corrected chi connectivity index (χ0v) is 19.9. The van der Waals surface area contributed by atoms with Gasteiger partial charge in [-0.15, -0.1) is 10.2 Å². The van der Waals surface area contributed by atoms with Gasteiger partial charge in [-0.05, 0) is 25.8 Å². The Labute approximate surface area is 205 Å². The van der Waals surface area contributed by atoms with Crippen LogP contribution in [0, 0.1) is 11.6 Å².